The first-order valence-corrected chi connectivity index (χ1v) is 24.8. The van der Waals surface area contributed by atoms with E-state index in [2.05, 4.69) is 40.7 Å². The molecule has 320 valence electrons. The van der Waals surface area contributed by atoms with E-state index in [1.54, 1.807) is 6.07 Å². The van der Waals surface area contributed by atoms with Gasteiger partial charge in [-0.1, -0.05) is 169 Å². The molecule has 0 N–H and O–H groups in total. The third-order valence-corrected chi connectivity index (χ3v) is 20.3. The van der Waals surface area contributed by atoms with Gasteiger partial charge in [0.25, 0.3) is 5.69 Å². The van der Waals surface area contributed by atoms with E-state index in [9.17, 15) is 10.1 Å². The first-order chi connectivity index (χ1) is 29.4. The number of benzene rings is 4. The van der Waals surface area contributed by atoms with Crippen molar-refractivity contribution >= 4 is 45.5 Å². The molecule has 4 aromatic rings. The third-order valence-electron chi connectivity index (χ3n) is 16.0. The number of allylic oxidation sites excluding steroid dienone is 1. The first-order valence-electron chi connectivity index (χ1n) is 23.0. The Balaban J connectivity index is 1.15. The Labute approximate surface area is 363 Å². The fraction of sp³-hybridized carbons (Fsp3) is 0.463. The topological polar surface area (TPSA) is 86.5 Å². The highest BCUT2D eigenvalue weighted by molar-refractivity contribution is 7.97. The number of ketones is 1. The van der Waals surface area contributed by atoms with Crippen LogP contribution in [0.25, 0.3) is 0 Å². The Bertz CT molecular complexity index is 2220. The molecule has 3 fully saturated rings. The molecule has 7 heteroatoms. The van der Waals surface area contributed by atoms with Crippen LogP contribution in [0.2, 0.25) is 0 Å². The quantitative estimate of drug-likeness (QED) is 0.0255. The van der Waals surface area contributed by atoms with Crippen LogP contribution in [-0.4, -0.2) is 28.1 Å². The number of nitro groups is 1. The largest absolute Gasteiger partial charge is 0.458 e. The standard InChI is InChI=1S/C54H64NO5P/c1-37(2)17-15-18-38(3)47-29-30-48-46-28-27-40-36-42(31-33-53(40,4)49(46)32-34-54(47,48)5)60-52(57)51(50(56)39-19-16-20-41(35-39)55(58)59)61(43-21-9-6-10-22-43,44-23-11-7-12-24-44)45-25-13-8-14-26-45/h6-14,16,19-27,35,37-38,42,46-49H,15,17-18,28-34,36H2,1-5H3/t38-,42-,46-,47+,48-,49-,53-,54+/m0/s1. The van der Waals surface area contributed by atoms with Crippen molar-refractivity contribution in [3.8, 4) is 0 Å². The van der Waals surface area contributed by atoms with E-state index >= 15 is 9.59 Å². The molecule has 0 unspecified atom stereocenters. The molecule has 61 heavy (non-hydrogen) atoms. The van der Waals surface area contributed by atoms with Gasteiger partial charge in [-0.25, -0.2) is 4.79 Å². The summed E-state index contributed by atoms with van der Waals surface area (Å²) in [6.45, 7) is 9.13. The highest BCUT2D eigenvalue weighted by Crippen LogP contribution is 2.67. The van der Waals surface area contributed by atoms with Gasteiger partial charge in [-0.15, -0.1) is 0 Å². The lowest BCUT2D eigenvalue weighted by Gasteiger charge is -2.58. The molecule has 0 saturated heterocycles. The van der Waals surface area contributed by atoms with Crippen molar-refractivity contribution in [1.82, 2.24) is 0 Å². The molecule has 0 amide bonds. The minimum Gasteiger partial charge on any atom is -0.458 e. The van der Waals surface area contributed by atoms with E-state index in [0.29, 0.717) is 23.7 Å². The van der Waals surface area contributed by atoms with Gasteiger partial charge in [0.1, 0.15) is 11.4 Å². The number of Topliss-reactive ketones (excluding diaryl/α,β-unsaturated/α-hetero) is 1. The molecule has 0 spiro atoms. The summed E-state index contributed by atoms with van der Waals surface area (Å²) in [4.78, 5) is 42.2. The van der Waals surface area contributed by atoms with E-state index in [1.807, 2.05) is 91.0 Å². The Morgan fingerprint density at radius 1 is 0.770 bits per heavy atom. The van der Waals surface area contributed by atoms with E-state index in [0.717, 1.165) is 58.8 Å². The summed E-state index contributed by atoms with van der Waals surface area (Å²) in [7, 11) is 0. The van der Waals surface area contributed by atoms with Crippen LogP contribution in [0.5, 0.6) is 0 Å². The average Bonchev–Trinajstić information content (AvgIpc) is 3.63. The van der Waals surface area contributed by atoms with Crippen molar-refractivity contribution in [3.05, 3.63) is 143 Å². The van der Waals surface area contributed by atoms with Gasteiger partial charge < -0.3 is 4.74 Å². The van der Waals surface area contributed by atoms with Crippen molar-refractivity contribution in [3.63, 3.8) is 0 Å². The number of hydrogen-bond acceptors (Lipinski definition) is 5. The second-order valence-electron chi connectivity index (χ2n) is 19.7. The van der Waals surface area contributed by atoms with Gasteiger partial charge in [-0.3, -0.25) is 14.9 Å². The maximum absolute atomic E-state index is 15.4. The molecule has 3 saturated carbocycles. The number of ether oxygens (including phenoxy) is 1. The molecule has 0 aliphatic heterocycles. The minimum absolute atomic E-state index is 0.0309. The molecular weight excluding hydrogens is 774 g/mol. The lowest BCUT2D eigenvalue weighted by atomic mass is 9.47. The molecular formula is C54H64NO5P. The maximum atomic E-state index is 15.4. The van der Waals surface area contributed by atoms with Crippen molar-refractivity contribution < 1.29 is 19.2 Å². The fourth-order valence-corrected chi connectivity index (χ4v) is 17.3. The zero-order valence-electron chi connectivity index (χ0n) is 36.8. The SMILES string of the molecule is CC(C)CCC[C@H](C)[C@H]1CC[C@H]2[C@@H]3CC=C4C[C@@H](OC(=O)C(C(=O)c5cccc([N+](=O)[O-])c5)=P(c5ccccc5)(c5ccccc5)c5ccccc5)CC[C@]4(C)[C@H]3CC[C@]12C. The predicted molar refractivity (Wildman–Crippen MR) is 251 cm³/mol. The molecule has 0 bridgehead atoms. The molecule has 0 aromatic heterocycles. The predicted octanol–water partition coefficient (Wildman–Crippen LogP) is 11.9. The van der Waals surface area contributed by atoms with E-state index in [1.165, 1.54) is 68.7 Å². The van der Waals surface area contributed by atoms with Gasteiger partial charge in [-0.05, 0) is 114 Å². The smallest absolute Gasteiger partial charge is 0.343 e. The summed E-state index contributed by atoms with van der Waals surface area (Å²) in [5.74, 6) is 3.25. The summed E-state index contributed by atoms with van der Waals surface area (Å²) in [5, 5.41) is 14.5. The fourth-order valence-electron chi connectivity index (χ4n) is 13.0. The number of rotatable bonds is 13. The molecule has 8 atom stereocenters. The van der Waals surface area contributed by atoms with Gasteiger partial charge in [0.15, 0.2) is 0 Å². The van der Waals surface area contributed by atoms with E-state index < -0.39 is 29.7 Å². The molecule has 4 aromatic carbocycles. The molecule has 0 radical (unpaired) electrons. The van der Waals surface area contributed by atoms with Crippen LogP contribution in [0.1, 0.15) is 116 Å². The lowest BCUT2D eigenvalue weighted by molar-refractivity contribution is -0.384. The number of nitrogens with zero attached hydrogens (tertiary/aromatic N) is 1. The Hall–Kier alpha value is -4.54. The summed E-state index contributed by atoms with van der Waals surface area (Å²) >= 11 is 0. The van der Waals surface area contributed by atoms with Crippen LogP contribution in [0, 0.1) is 56.5 Å². The summed E-state index contributed by atoms with van der Waals surface area (Å²) < 4.78 is 6.70. The van der Waals surface area contributed by atoms with Gasteiger partial charge in [-0.2, -0.15) is 0 Å². The highest BCUT2D eigenvalue weighted by atomic mass is 31.2. The minimum atomic E-state index is -3.24. The molecule has 4 aliphatic rings. The van der Waals surface area contributed by atoms with Crippen LogP contribution >= 0.6 is 6.89 Å². The Morgan fingerprint density at radius 3 is 1.98 bits per heavy atom. The maximum Gasteiger partial charge on any atom is 0.343 e. The molecule has 8 rings (SSSR count). The first kappa shape index (κ1) is 43.1. The van der Waals surface area contributed by atoms with Crippen molar-refractivity contribution in [2.75, 3.05) is 0 Å². The van der Waals surface area contributed by atoms with Gasteiger partial charge in [0.05, 0.1) is 4.92 Å². The van der Waals surface area contributed by atoms with Crippen LogP contribution in [-0.2, 0) is 9.53 Å². The number of carbonyl (C=O) groups is 2. The van der Waals surface area contributed by atoms with E-state index in [-0.39, 0.29) is 22.0 Å². The number of hydrogen-bond donors (Lipinski definition) is 0. The molecule has 0 heterocycles. The van der Waals surface area contributed by atoms with Crippen molar-refractivity contribution in [2.45, 2.75) is 111 Å². The number of fused-ring (bicyclic) bond motifs is 5. The normalized spacial score (nSPS) is 27.5. The van der Waals surface area contributed by atoms with Crippen LogP contribution in [0.15, 0.2) is 127 Å². The summed E-state index contributed by atoms with van der Waals surface area (Å²) in [6.07, 6.45) is 14.9. The number of esters is 1. The second-order valence-corrected chi connectivity index (χ2v) is 23.1. The lowest BCUT2D eigenvalue weighted by Crippen LogP contribution is -2.51. The van der Waals surface area contributed by atoms with Gasteiger partial charge >= 0.3 is 5.97 Å². The van der Waals surface area contributed by atoms with Gasteiger partial charge in [0, 0.05) is 24.1 Å². The van der Waals surface area contributed by atoms with Gasteiger partial charge in [0.2, 0.25) is 5.78 Å². The highest BCUT2D eigenvalue weighted by Gasteiger charge is 2.59. The zero-order valence-corrected chi connectivity index (χ0v) is 37.7. The second kappa shape index (κ2) is 17.7. The van der Waals surface area contributed by atoms with E-state index in [4.69, 9.17) is 4.74 Å². The van der Waals surface area contributed by atoms with Crippen LogP contribution in [0.4, 0.5) is 5.69 Å². The third kappa shape index (κ3) is 7.92. The van der Waals surface area contributed by atoms with Crippen molar-refractivity contribution in [2.24, 2.45) is 46.3 Å². The van der Waals surface area contributed by atoms with Crippen LogP contribution in [0.3, 0.4) is 0 Å². The summed E-state index contributed by atoms with van der Waals surface area (Å²) in [6, 6.07) is 35.1. The molecule has 4 aliphatic carbocycles. The zero-order chi connectivity index (χ0) is 42.9. The summed E-state index contributed by atoms with van der Waals surface area (Å²) in [5.41, 5.74) is 1.78. The van der Waals surface area contributed by atoms with Crippen molar-refractivity contribution in [1.29, 1.82) is 0 Å². The monoisotopic (exact) mass is 837 g/mol. The number of nitro benzene ring substituents is 1. The number of carbonyl (C=O) groups excluding carboxylic acids is 2. The molecule has 6 nitrogen and oxygen atoms in total. The number of non-ortho nitro benzene ring substituents is 1. The average molecular weight is 838 g/mol. The van der Waals surface area contributed by atoms with Crippen LogP contribution < -0.4 is 15.9 Å². The Morgan fingerprint density at radius 2 is 1.39 bits per heavy atom. The Kier molecular flexibility index (Phi) is 12.5.